The molecular formula is C10H20O. The van der Waals surface area contributed by atoms with Crippen molar-refractivity contribution < 1.29 is 5.11 Å². The summed E-state index contributed by atoms with van der Waals surface area (Å²) in [5.41, 5.74) is 0. The van der Waals surface area contributed by atoms with Gasteiger partial charge in [0.05, 0.1) is 0 Å². The lowest BCUT2D eigenvalue weighted by atomic mass is 9.76. The molecule has 1 atom stereocenters. The van der Waals surface area contributed by atoms with E-state index >= 15 is 0 Å². The first kappa shape index (κ1) is 9.05. The topological polar surface area (TPSA) is 20.2 Å². The highest BCUT2D eigenvalue weighted by molar-refractivity contribution is 4.74. The first-order valence-electron chi connectivity index (χ1n) is 4.85. The molecule has 1 heteroatoms. The minimum atomic E-state index is 0.383. The van der Waals surface area contributed by atoms with Crippen molar-refractivity contribution >= 4 is 0 Å². The highest BCUT2D eigenvalue weighted by Crippen LogP contribution is 2.34. The lowest BCUT2D eigenvalue weighted by molar-refractivity contribution is 0.138. The van der Waals surface area contributed by atoms with Crippen LogP contribution in [0.4, 0.5) is 0 Å². The molecule has 0 radical (unpaired) electrons. The van der Waals surface area contributed by atoms with E-state index in [4.69, 9.17) is 5.11 Å². The molecule has 1 nitrogen and oxygen atoms in total. The van der Waals surface area contributed by atoms with Crippen LogP contribution in [0.3, 0.4) is 0 Å². The maximum absolute atomic E-state index is 9.06. The van der Waals surface area contributed by atoms with Gasteiger partial charge >= 0.3 is 0 Å². The van der Waals surface area contributed by atoms with E-state index in [0.29, 0.717) is 18.4 Å². The fourth-order valence-electron chi connectivity index (χ4n) is 1.71. The van der Waals surface area contributed by atoms with Crippen LogP contribution in [0.5, 0.6) is 0 Å². The molecule has 1 N–H and O–H groups in total. The zero-order valence-electron chi connectivity index (χ0n) is 7.71. The Balaban J connectivity index is 2.19. The Morgan fingerprint density at radius 2 is 2.00 bits per heavy atom. The van der Waals surface area contributed by atoms with Gasteiger partial charge < -0.3 is 5.11 Å². The molecular weight excluding hydrogens is 136 g/mol. The maximum atomic E-state index is 9.06. The Morgan fingerprint density at radius 3 is 2.27 bits per heavy atom. The van der Waals surface area contributed by atoms with Gasteiger partial charge in [0.1, 0.15) is 0 Å². The van der Waals surface area contributed by atoms with Gasteiger partial charge in [-0.25, -0.2) is 0 Å². The molecule has 1 saturated carbocycles. The average Bonchev–Trinajstić information content (AvgIpc) is 1.85. The van der Waals surface area contributed by atoms with Gasteiger partial charge in [-0.3, -0.25) is 0 Å². The predicted molar refractivity (Wildman–Crippen MR) is 47.4 cm³/mol. The molecule has 0 aromatic heterocycles. The lowest BCUT2D eigenvalue weighted by Gasteiger charge is -2.30. The molecule has 0 bridgehead atoms. The van der Waals surface area contributed by atoms with E-state index in [0.717, 1.165) is 5.92 Å². The second kappa shape index (κ2) is 4.10. The fourth-order valence-corrected chi connectivity index (χ4v) is 1.71. The Morgan fingerprint density at radius 1 is 1.36 bits per heavy atom. The van der Waals surface area contributed by atoms with E-state index in [9.17, 15) is 0 Å². The lowest BCUT2D eigenvalue weighted by Crippen LogP contribution is -2.21. The first-order chi connectivity index (χ1) is 5.24. The Labute approximate surface area is 69.8 Å². The third kappa shape index (κ3) is 2.48. The first-order valence-corrected chi connectivity index (χ1v) is 4.85. The standard InChI is InChI=1S/C10H20O/c1-8(2)10(7-11)6-9-4-3-5-9/h8-11H,3-7H2,1-2H3. The molecule has 0 spiro atoms. The van der Waals surface area contributed by atoms with Crippen LogP contribution in [0.1, 0.15) is 39.5 Å². The van der Waals surface area contributed by atoms with Crippen molar-refractivity contribution in [2.75, 3.05) is 6.61 Å². The summed E-state index contributed by atoms with van der Waals surface area (Å²) < 4.78 is 0. The number of aliphatic hydroxyl groups excluding tert-OH is 1. The number of hydrogen-bond acceptors (Lipinski definition) is 1. The number of aliphatic hydroxyl groups is 1. The van der Waals surface area contributed by atoms with Gasteiger partial charge in [-0.05, 0) is 24.2 Å². The van der Waals surface area contributed by atoms with Crippen LogP contribution in [0.2, 0.25) is 0 Å². The minimum absolute atomic E-state index is 0.383. The third-order valence-electron chi connectivity index (χ3n) is 3.04. The van der Waals surface area contributed by atoms with Gasteiger partial charge in [0, 0.05) is 6.61 Å². The molecule has 1 fully saturated rings. The van der Waals surface area contributed by atoms with E-state index in [1.165, 1.54) is 25.7 Å². The quantitative estimate of drug-likeness (QED) is 0.663. The maximum Gasteiger partial charge on any atom is 0.0461 e. The second-order valence-corrected chi connectivity index (χ2v) is 4.22. The molecule has 0 heterocycles. The van der Waals surface area contributed by atoms with Crippen LogP contribution < -0.4 is 0 Å². The Kier molecular flexibility index (Phi) is 3.38. The molecule has 1 rings (SSSR count). The summed E-state index contributed by atoms with van der Waals surface area (Å²) in [4.78, 5) is 0. The normalized spacial score (nSPS) is 21.8. The average molecular weight is 156 g/mol. The molecule has 0 aromatic rings. The van der Waals surface area contributed by atoms with Crippen LogP contribution in [0.15, 0.2) is 0 Å². The summed E-state index contributed by atoms with van der Waals surface area (Å²) in [6.45, 7) is 4.80. The van der Waals surface area contributed by atoms with Crippen molar-refractivity contribution in [3.63, 3.8) is 0 Å². The minimum Gasteiger partial charge on any atom is -0.396 e. The zero-order chi connectivity index (χ0) is 8.27. The molecule has 0 saturated heterocycles. The van der Waals surface area contributed by atoms with Crippen molar-refractivity contribution in [1.29, 1.82) is 0 Å². The summed E-state index contributed by atoms with van der Waals surface area (Å²) in [7, 11) is 0. The molecule has 1 aliphatic carbocycles. The Hall–Kier alpha value is -0.0400. The van der Waals surface area contributed by atoms with Crippen molar-refractivity contribution in [2.24, 2.45) is 17.8 Å². The van der Waals surface area contributed by atoms with Gasteiger partial charge in [-0.15, -0.1) is 0 Å². The van der Waals surface area contributed by atoms with E-state index in [1.54, 1.807) is 0 Å². The van der Waals surface area contributed by atoms with Gasteiger partial charge in [-0.1, -0.05) is 33.1 Å². The van der Waals surface area contributed by atoms with Crippen LogP contribution in [-0.4, -0.2) is 11.7 Å². The summed E-state index contributed by atoms with van der Waals surface area (Å²) in [6.07, 6.45) is 5.49. The van der Waals surface area contributed by atoms with Crippen molar-refractivity contribution in [1.82, 2.24) is 0 Å². The molecule has 0 aromatic carbocycles. The van der Waals surface area contributed by atoms with Crippen molar-refractivity contribution in [2.45, 2.75) is 39.5 Å². The van der Waals surface area contributed by atoms with Crippen molar-refractivity contribution in [3.8, 4) is 0 Å². The summed E-state index contributed by atoms with van der Waals surface area (Å²) in [6, 6.07) is 0. The monoisotopic (exact) mass is 156 g/mol. The van der Waals surface area contributed by atoms with Gasteiger partial charge in [0.25, 0.3) is 0 Å². The SMILES string of the molecule is CC(C)C(CO)CC1CCC1. The largest absolute Gasteiger partial charge is 0.396 e. The van der Waals surface area contributed by atoms with E-state index in [1.807, 2.05) is 0 Å². The third-order valence-corrected chi connectivity index (χ3v) is 3.04. The number of rotatable bonds is 4. The highest BCUT2D eigenvalue weighted by atomic mass is 16.3. The highest BCUT2D eigenvalue weighted by Gasteiger charge is 2.23. The van der Waals surface area contributed by atoms with Gasteiger partial charge in [-0.2, -0.15) is 0 Å². The molecule has 1 unspecified atom stereocenters. The summed E-state index contributed by atoms with van der Waals surface area (Å²) in [5, 5.41) is 9.06. The smallest absolute Gasteiger partial charge is 0.0461 e. The van der Waals surface area contributed by atoms with Crippen LogP contribution in [0, 0.1) is 17.8 Å². The molecule has 0 amide bonds. The van der Waals surface area contributed by atoms with Crippen LogP contribution in [0.25, 0.3) is 0 Å². The fraction of sp³-hybridized carbons (Fsp3) is 1.00. The second-order valence-electron chi connectivity index (χ2n) is 4.22. The summed E-state index contributed by atoms with van der Waals surface area (Å²) >= 11 is 0. The molecule has 0 aliphatic heterocycles. The van der Waals surface area contributed by atoms with Gasteiger partial charge in [0.2, 0.25) is 0 Å². The summed E-state index contributed by atoms with van der Waals surface area (Å²) in [5.74, 6) is 2.15. The number of hydrogen-bond donors (Lipinski definition) is 1. The van der Waals surface area contributed by atoms with E-state index in [-0.39, 0.29) is 0 Å². The molecule has 66 valence electrons. The van der Waals surface area contributed by atoms with E-state index < -0.39 is 0 Å². The predicted octanol–water partition coefficient (Wildman–Crippen LogP) is 2.44. The molecule has 1 aliphatic rings. The van der Waals surface area contributed by atoms with Crippen LogP contribution >= 0.6 is 0 Å². The van der Waals surface area contributed by atoms with Crippen molar-refractivity contribution in [3.05, 3.63) is 0 Å². The van der Waals surface area contributed by atoms with E-state index in [2.05, 4.69) is 13.8 Å². The molecule has 11 heavy (non-hydrogen) atoms. The van der Waals surface area contributed by atoms with Crippen LogP contribution in [-0.2, 0) is 0 Å². The zero-order valence-corrected chi connectivity index (χ0v) is 7.71. The van der Waals surface area contributed by atoms with Gasteiger partial charge in [0.15, 0.2) is 0 Å². The Bertz CT molecular complexity index is 105.